The van der Waals surface area contributed by atoms with Gasteiger partial charge in [-0.25, -0.2) is 9.18 Å². The number of carbonyl (C=O) groups excluding carboxylic acids is 2. The van der Waals surface area contributed by atoms with Crippen molar-refractivity contribution in [3.8, 4) is 5.75 Å². The van der Waals surface area contributed by atoms with Crippen molar-refractivity contribution in [1.82, 2.24) is 4.90 Å². The lowest BCUT2D eigenvalue weighted by Gasteiger charge is -2.41. The molecular weight excluding hydrogens is 539 g/mol. The molecule has 1 aliphatic rings. The Morgan fingerprint density at radius 3 is 2.51 bits per heavy atom. The van der Waals surface area contributed by atoms with Crippen LogP contribution < -0.4 is 9.64 Å². The first-order chi connectivity index (χ1) is 16.3. The molecule has 1 atom stereocenters. The summed E-state index contributed by atoms with van der Waals surface area (Å²) in [6.45, 7) is 0.912. The number of amides is 2. The maximum Gasteiger partial charge on any atom is 0.410 e. The first-order valence-electron chi connectivity index (χ1n) is 10.3. The summed E-state index contributed by atoms with van der Waals surface area (Å²) in [7, 11) is 0. The van der Waals surface area contributed by atoms with E-state index in [0.717, 1.165) is 15.9 Å². The fourth-order valence-electron chi connectivity index (χ4n) is 3.60. The van der Waals surface area contributed by atoms with Crippen LogP contribution in [0.5, 0.6) is 5.75 Å². The van der Waals surface area contributed by atoms with Crippen molar-refractivity contribution in [3.05, 3.63) is 62.4 Å². The number of hydrogen-bond donors (Lipinski definition) is 0. The second kappa shape index (κ2) is 10.1. The standard InChI is InChI=1S/C22H21BrF3N3O6/c1-22(2,3)35-21(31)27-10-17(12-6-4-5-7-18(12)34-20(25)26)28(19(30)11-27)15-8-13(23)14(24)9-16(15)29(32)33/h4-9,17,20H,10-11H2,1-3H3. The lowest BCUT2D eigenvalue weighted by atomic mass is 9.99. The van der Waals surface area contributed by atoms with Gasteiger partial charge in [0.25, 0.3) is 5.69 Å². The van der Waals surface area contributed by atoms with Gasteiger partial charge in [-0.05, 0) is 48.8 Å². The van der Waals surface area contributed by atoms with E-state index in [4.69, 9.17) is 4.74 Å². The van der Waals surface area contributed by atoms with Crippen LogP contribution in [-0.2, 0) is 9.53 Å². The normalized spacial score (nSPS) is 16.5. The number of nitrogens with zero attached hydrogens (tertiary/aromatic N) is 3. The van der Waals surface area contributed by atoms with Crippen molar-refractivity contribution in [1.29, 1.82) is 0 Å². The molecule has 0 spiro atoms. The number of benzene rings is 2. The molecule has 1 saturated heterocycles. The molecule has 9 nitrogen and oxygen atoms in total. The van der Waals surface area contributed by atoms with Crippen molar-refractivity contribution in [3.63, 3.8) is 0 Å². The predicted molar refractivity (Wildman–Crippen MR) is 122 cm³/mol. The number of nitro benzene ring substituents is 1. The minimum atomic E-state index is -3.19. The zero-order valence-corrected chi connectivity index (χ0v) is 20.4. The molecule has 3 rings (SSSR count). The average molecular weight is 560 g/mol. The molecule has 0 N–H and O–H groups in total. The summed E-state index contributed by atoms with van der Waals surface area (Å²) < 4.78 is 50.1. The number of carbonyl (C=O) groups is 2. The van der Waals surface area contributed by atoms with Gasteiger partial charge in [-0.3, -0.25) is 24.7 Å². The maximum atomic E-state index is 14.1. The van der Waals surface area contributed by atoms with Crippen LogP contribution in [-0.4, -0.2) is 47.1 Å². The Kier molecular flexibility index (Phi) is 7.58. The molecule has 1 fully saturated rings. The quantitative estimate of drug-likeness (QED) is 0.358. The highest BCUT2D eigenvalue weighted by molar-refractivity contribution is 9.10. The van der Waals surface area contributed by atoms with E-state index in [1.165, 1.54) is 24.3 Å². The highest BCUT2D eigenvalue weighted by atomic mass is 79.9. The van der Waals surface area contributed by atoms with Gasteiger partial charge in [0.05, 0.1) is 21.5 Å². The number of halogens is 4. The van der Waals surface area contributed by atoms with E-state index in [-0.39, 0.29) is 28.0 Å². The monoisotopic (exact) mass is 559 g/mol. The molecular formula is C22H21BrF3N3O6. The van der Waals surface area contributed by atoms with Gasteiger partial charge in [0.1, 0.15) is 29.4 Å². The molecule has 1 aliphatic heterocycles. The number of alkyl halides is 2. The summed E-state index contributed by atoms with van der Waals surface area (Å²) >= 11 is 2.96. The van der Waals surface area contributed by atoms with Crippen LogP contribution in [0.1, 0.15) is 32.4 Å². The molecule has 2 aromatic carbocycles. The molecule has 35 heavy (non-hydrogen) atoms. The van der Waals surface area contributed by atoms with E-state index in [1.54, 1.807) is 20.8 Å². The summed E-state index contributed by atoms with van der Waals surface area (Å²) in [4.78, 5) is 38.9. The van der Waals surface area contributed by atoms with Crippen molar-refractivity contribution >= 4 is 39.3 Å². The van der Waals surface area contributed by atoms with E-state index in [2.05, 4.69) is 20.7 Å². The summed E-state index contributed by atoms with van der Waals surface area (Å²) in [6.07, 6.45) is -0.836. The van der Waals surface area contributed by atoms with Gasteiger partial charge in [-0.15, -0.1) is 0 Å². The minimum Gasteiger partial charge on any atom is -0.444 e. The molecule has 2 amide bonds. The van der Waals surface area contributed by atoms with Crippen molar-refractivity contribution in [2.75, 3.05) is 18.0 Å². The molecule has 1 heterocycles. The lowest BCUT2D eigenvalue weighted by Crippen LogP contribution is -2.55. The summed E-state index contributed by atoms with van der Waals surface area (Å²) in [5.74, 6) is -2.00. The van der Waals surface area contributed by atoms with Gasteiger partial charge in [0.15, 0.2) is 0 Å². The third-order valence-corrected chi connectivity index (χ3v) is 5.53. The van der Waals surface area contributed by atoms with Crippen LogP contribution in [0.15, 0.2) is 40.9 Å². The molecule has 0 aliphatic carbocycles. The fraction of sp³-hybridized carbons (Fsp3) is 0.364. The van der Waals surface area contributed by atoms with Gasteiger partial charge in [-0.1, -0.05) is 18.2 Å². The van der Waals surface area contributed by atoms with E-state index in [9.17, 15) is 32.9 Å². The van der Waals surface area contributed by atoms with Gasteiger partial charge in [0.2, 0.25) is 5.91 Å². The van der Waals surface area contributed by atoms with E-state index >= 15 is 0 Å². The Bertz CT molecular complexity index is 1160. The first-order valence-corrected chi connectivity index (χ1v) is 11.0. The molecule has 0 saturated carbocycles. The summed E-state index contributed by atoms with van der Waals surface area (Å²) in [6, 6.07) is 6.06. The lowest BCUT2D eigenvalue weighted by molar-refractivity contribution is -0.384. The molecule has 0 bridgehead atoms. The van der Waals surface area contributed by atoms with Crippen molar-refractivity contribution in [2.45, 2.75) is 39.0 Å². The number of ether oxygens (including phenoxy) is 2. The van der Waals surface area contributed by atoms with E-state index in [1.807, 2.05) is 0 Å². The predicted octanol–water partition coefficient (Wildman–Crippen LogP) is 5.42. The van der Waals surface area contributed by atoms with Crippen LogP contribution in [0.2, 0.25) is 0 Å². The zero-order valence-electron chi connectivity index (χ0n) is 18.8. The number of nitro groups is 1. The molecule has 2 aromatic rings. The Morgan fingerprint density at radius 1 is 1.26 bits per heavy atom. The number of piperazine rings is 1. The Morgan fingerprint density at radius 2 is 1.91 bits per heavy atom. The molecule has 1 unspecified atom stereocenters. The van der Waals surface area contributed by atoms with E-state index < -0.39 is 53.2 Å². The molecule has 0 radical (unpaired) electrons. The highest BCUT2D eigenvalue weighted by Gasteiger charge is 2.42. The number of rotatable bonds is 5. The molecule has 0 aromatic heterocycles. The Hall–Kier alpha value is -3.35. The number of anilines is 1. The Balaban J connectivity index is 2.17. The van der Waals surface area contributed by atoms with Gasteiger partial charge < -0.3 is 9.47 Å². The Labute approximate surface area is 206 Å². The minimum absolute atomic E-state index is 0.0594. The van der Waals surface area contributed by atoms with Crippen LogP contribution in [0, 0.1) is 15.9 Å². The number of para-hydroxylation sites is 1. The number of hydrogen-bond acceptors (Lipinski definition) is 6. The second-order valence-corrected chi connectivity index (χ2v) is 9.42. The van der Waals surface area contributed by atoms with Gasteiger partial charge in [-0.2, -0.15) is 8.78 Å². The SMILES string of the molecule is CC(C)(C)OC(=O)N1CC(=O)N(c2cc(Br)c(F)cc2[N+](=O)[O-])C(c2ccccc2OC(F)F)C1. The van der Waals surface area contributed by atoms with Gasteiger partial charge >= 0.3 is 12.7 Å². The molecule has 13 heteroatoms. The summed E-state index contributed by atoms with van der Waals surface area (Å²) in [5.41, 5.74) is -1.83. The zero-order chi connectivity index (χ0) is 26.1. The highest BCUT2D eigenvalue weighted by Crippen LogP contribution is 2.42. The average Bonchev–Trinajstić information content (AvgIpc) is 2.73. The van der Waals surface area contributed by atoms with Crippen molar-refractivity contribution in [2.24, 2.45) is 0 Å². The summed E-state index contributed by atoms with van der Waals surface area (Å²) in [5, 5.41) is 11.7. The maximum absolute atomic E-state index is 14.1. The van der Waals surface area contributed by atoms with Gasteiger partial charge in [0, 0.05) is 12.1 Å². The topological polar surface area (TPSA) is 102 Å². The van der Waals surface area contributed by atoms with Crippen LogP contribution >= 0.6 is 15.9 Å². The first kappa shape index (κ1) is 26.3. The van der Waals surface area contributed by atoms with Crippen molar-refractivity contribution < 1.29 is 37.2 Å². The second-order valence-electron chi connectivity index (χ2n) is 8.57. The van der Waals surface area contributed by atoms with Crippen LogP contribution in [0.25, 0.3) is 0 Å². The van der Waals surface area contributed by atoms with Crippen LogP contribution in [0.3, 0.4) is 0 Å². The van der Waals surface area contributed by atoms with E-state index in [0.29, 0.717) is 6.07 Å². The molecule has 188 valence electrons. The third-order valence-electron chi connectivity index (χ3n) is 4.92. The third kappa shape index (κ3) is 6.02. The fourth-order valence-corrected chi connectivity index (χ4v) is 3.93. The van der Waals surface area contributed by atoms with Crippen LogP contribution in [0.4, 0.5) is 29.3 Å². The smallest absolute Gasteiger partial charge is 0.410 e. The largest absolute Gasteiger partial charge is 0.444 e.